The van der Waals surface area contributed by atoms with Crippen LogP contribution in [0.15, 0.2) is 77.7 Å². The Morgan fingerprint density at radius 1 is 1.03 bits per heavy atom. The Labute approximate surface area is 237 Å². The number of para-hydroxylation sites is 1. The van der Waals surface area contributed by atoms with Crippen LogP contribution in [0.3, 0.4) is 0 Å². The molecule has 1 unspecified atom stereocenters. The van der Waals surface area contributed by atoms with Gasteiger partial charge in [-0.1, -0.05) is 85.5 Å². The van der Waals surface area contributed by atoms with Gasteiger partial charge in [-0.2, -0.15) is 0 Å². The molecule has 0 aliphatic carbocycles. The van der Waals surface area contributed by atoms with Gasteiger partial charge in [0.05, 0.1) is 18.6 Å². The molecule has 0 spiro atoms. The molecular weight excluding hydrogens is 534 g/mol. The third-order valence-electron chi connectivity index (χ3n) is 6.17. The maximum Gasteiger partial charge on any atom is 0.323 e. The molecule has 2 atom stereocenters. The number of carboxylic acid groups (broad SMARTS) is 1. The normalized spacial score (nSPS) is 15.8. The fourth-order valence-corrected chi connectivity index (χ4v) is 5.35. The number of rotatable bonds is 11. The molecule has 1 aliphatic heterocycles. The van der Waals surface area contributed by atoms with Crippen molar-refractivity contribution in [3.8, 4) is 17.2 Å². The predicted molar refractivity (Wildman–Crippen MR) is 156 cm³/mol. The first-order valence-corrected chi connectivity index (χ1v) is 13.6. The first-order valence-electron chi connectivity index (χ1n) is 12.3. The summed E-state index contributed by atoms with van der Waals surface area (Å²) in [7, 11) is 1.62. The maximum atomic E-state index is 12.8. The molecule has 1 saturated heterocycles. The second kappa shape index (κ2) is 12.8. The number of hydrogen-bond donors (Lipinski definition) is 1. The Morgan fingerprint density at radius 2 is 1.74 bits per heavy atom. The molecule has 0 saturated carbocycles. The minimum absolute atomic E-state index is 0.154. The number of nitrogens with zero attached hydrogens (tertiary/aromatic N) is 1. The number of aliphatic carboxylic acids is 1. The summed E-state index contributed by atoms with van der Waals surface area (Å²) in [6.45, 7) is 3.99. The van der Waals surface area contributed by atoms with E-state index in [1.54, 1.807) is 19.3 Å². The number of carbonyl (C=O) groups is 2. The van der Waals surface area contributed by atoms with Gasteiger partial charge in [0.2, 0.25) is 0 Å². The largest absolute Gasteiger partial charge is 0.496 e. The fraction of sp³-hybridized carbons (Fsp3) is 0.233. The zero-order chi connectivity index (χ0) is 27.9. The molecule has 4 rings (SSSR count). The Balaban J connectivity index is 1.62. The van der Waals surface area contributed by atoms with Crippen molar-refractivity contribution in [2.45, 2.75) is 25.9 Å². The summed E-state index contributed by atoms with van der Waals surface area (Å²) in [5.41, 5.74) is 2.74. The number of ether oxygens (including phenoxy) is 3. The van der Waals surface area contributed by atoms with E-state index in [4.69, 9.17) is 31.5 Å². The van der Waals surface area contributed by atoms with Gasteiger partial charge in [-0.05, 0) is 42.3 Å². The molecule has 1 amide bonds. The van der Waals surface area contributed by atoms with Crippen molar-refractivity contribution in [1.82, 2.24) is 4.90 Å². The van der Waals surface area contributed by atoms with E-state index in [9.17, 15) is 9.59 Å². The van der Waals surface area contributed by atoms with Crippen molar-refractivity contribution in [2.75, 3.05) is 20.3 Å². The molecule has 1 N–H and O–H groups in total. The van der Waals surface area contributed by atoms with Crippen molar-refractivity contribution in [3.63, 3.8) is 0 Å². The van der Waals surface area contributed by atoms with E-state index in [-0.39, 0.29) is 16.3 Å². The molecule has 9 heteroatoms. The minimum Gasteiger partial charge on any atom is -0.496 e. The van der Waals surface area contributed by atoms with Crippen LogP contribution in [-0.2, 0) is 9.59 Å². The van der Waals surface area contributed by atoms with E-state index in [1.807, 2.05) is 61.5 Å². The zero-order valence-electron chi connectivity index (χ0n) is 21.8. The third kappa shape index (κ3) is 6.99. The summed E-state index contributed by atoms with van der Waals surface area (Å²) in [6, 6.07) is 23.2. The molecule has 7 nitrogen and oxygen atoms in total. The minimum atomic E-state index is -1.13. The monoisotopic (exact) mass is 563 g/mol. The molecule has 39 heavy (non-hydrogen) atoms. The standard InChI is InChI=1S/C30H29NO6S2/c1-19(22-9-5-4-6-10-22)18-36-25-14-13-21(16-27-29(34)31(17-28(32)33)30(38)39-27)15-26(25)37-20(2)23-11-7-8-12-24(23)35-3/h4-16,19-20H,17-18H2,1-3H3,(H,32,33)/b27-16-/t19-,20?/m0/s1. The highest BCUT2D eigenvalue weighted by Gasteiger charge is 2.33. The van der Waals surface area contributed by atoms with Crippen LogP contribution in [0.2, 0.25) is 0 Å². The van der Waals surface area contributed by atoms with E-state index in [0.717, 1.165) is 22.2 Å². The van der Waals surface area contributed by atoms with Crippen LogP contribution in [0.1, 0.15) is 42.6 Å². The highest BCUT2D eigenvalue weighted by Crippen LogP contribution is 2.38. The highest BCUT2D eigenvalue weighted by molar-refractivity contribution is 8.26. The van der Waals surface area contributed by atoms with E-state index in [1.165, 1.54) is 5.56 Å². The molecule has 0 radical (unpaired) electrons. The summed E-state index contributed by atoms with van der Waals surface area (Å²) in [5.74, 6) is 0.372. The summed E-state index contributed by atoms with van der Waals surface area (Å²) in [5, 5.41) is 9.11. The fourth-order valence-electron chi connectivity index (χ4n) is 4.10. The summed E-state index contributed by atoms with van der Waals surface area (Å²) < 4.78 is 18.4. The molecule has 3 aromatic rings. The Kier molecular flexibility index (Phi) is 9.27. The van der Waals surface area contributed by atoms with Crippen molar-refractivity contribution >= 4 is 46.3 Å². The summed E-state index contributed by atoms with van der Waals surface area (Å²) in [4.78, 5) is 25.3. The first-order chi connectivity index (χ1) is 18.8. The van der Waals surface area contributed by atoms with Crippen LogP contribution < -0.4 is 14.2 Å². The van der Waals surface area contributed by atoms with Crippen LogP contribution in [0.4, 0.5) is 0 Å². The van der Waals surface area contributed by atoms with Crippen LogP contribution in [0.25, 0.3) is 6.08 Å². The van der Waals surface area contributed by atoms with E-state index < -0.39 is 18.4 Å². The van der Waals surface area contributed by atoms with Gasteiger partial charge in [0, 0.05) is 11.5 Å². The highest BCUT2D eigenvalue weighted by atomic mass is 32.2. The lowest BCUT2D eigenvalue weighted by atomic mass is 10.0. The second-order valence-corrected chi connectivity index (χ2v) is 10.7. The average molecular weight is 564 g/mol. The van der Waals surface area contributed by atoms with Crippen LogP contribution >= 0.6 is 24.0 Å². The van der Waals surface area contributed by atoms with E-state index in [0.29, 0.717) is 34.3 Å². The smallest absolute Gasteiger partial charge is 0.323 e. The van der Waals surface area contributed by atoms with Gasteiger partial charge < -0.3 is 19.3 Å². The van der Waals surface area contributed by atoms with Gasteiger partial charge in [0.25, 0.3) is 5.91 Å². The zero-order valence-corrected chi connectivity index (χ0v) is 23.5. The molecule has 1 fully saturated rings. The quantitative estimate of drug-likeness (QED) is 0.215. The number of hydrogen-bond acceptors (Lipinski definition) is 7. The van der Waals surface area contributed by atoms with E-state index in [2.05, 4.69) is 19.1 Å². The molecule has 1 heterocycles. The van der Waals surface area contributed by atoms with Gasteiger partial charge in [0.1, 0.15) is 22.7 Å². The second-order valence-electron chi connectivity index (χ2n) is 8.99. The number of benzene rings is 3. The lowest BCUT2D eigenvalue weighted by molar-refractivity contribution is -0.140. The summed E-state index contributed by atoms with van der Waals surface area (Å²) in [6.07, 6.45) is 1.32. The number of carbonyl (C=O) groups excluding carboxylic acids is 1. The topological polar surface area (TPSA) is 85.3 Å². The van der Waals surface area contributed by atoms with Gasteiger partial charge in [-0.25, -0.2) is 0 Å². The Hall–Kier alpha value is -3.82. The Bertz CT molecular complexity index is 1390. The van der Waals surface area contributed by atoms with Crippen molar-refractivity contribution < 1.29 is 28.9 Å². The lowest BCUT2D eigenvalue weighted by Gasteiger charge is -2.21. The number of carboxylic acids is 1. The molecule has 3 aromatic carbocycles. The maximum absolute atomic E-state index is 12.8. The van der Waals surface area contributed by atoms with Crippen LogP contribution in [0, 0.1) is 0 Å². The average Bonchev–Trinajstić information content (AvgIpc) is 3.19. The van der Waals surface area contributed by atoms with Crippen molar-refractivity contribution in [2.24, 2.45) is 0 Å². The van der Waals surface area contributed by atoms with Gasteiger partial charge in [-0.15, -0.1) is 0 Å². The Morgan fingerprint density at radius 3 is 2.46 bits per heavy atom. The molecule has 202 valence electrons. The predicted octanol–water partition coefficient (Wildman–Crippen LogP) is 6.30. The van der Waals surface area contributed by atoms with E-state index >= 15 is 0 Å². The number of methoxy groups -OCH3 is 1. The van der Waals surface area contributed by atoms with Gasteiger partial charge in [-0.3, -0.25) is 14.5 Å². The molecular formula is C30H29NO6S2. The number of thioether (sulfide) groups is 1. The van der Waals surface area contributed by atoms with Gasteiger partial charge in [0.15, 0.2) is 11.5 Å². The van der Waals surface area contributed by atoms with Gasteiger partial charge >= 0.3 is 5.97 Å². The molecule has 1 aliphatic rings. The lowest BCUT2D eigenvalue weighted by Crippen LogP contribution is -2.33. The number of thiocarbonyl (C=S) groups is 1. The van der Waals surface area contributed by atoms with Crippen LogP contribution in [0.5, 0.6) is 17.2 Å². The third-order valence-corrected chi connectivity index (χ3v) is 7.55. The first kappa shape index (κ1) is 28.2. The summed E-state index contributed by atoms with van der Waals surface area (Å²) >= 11 is 6.29. The SMILES string of the molecule is COc1ccccc1C(C)Oc1cc(/C=C2\SC(=S)N(CC(=O)O)C2=O)ccc1OC[C@H](C)c1ccccc1. The molecule has 0 aromatic heterocycles. The number of amides is 1. The molecule has 0 bridgehead atoms. The van der Waals surface area contributed by atoms with Crippen LogP contribution in [-0.4, -0.2) is 46.5 Å². The van der Waals surface area contributed by atoms with Crippen molar-refractivity contribution in [1.29, 1.82) is 0 Å². The van der Waals surface area contributed by atoms with Crippen molar-refractivity contribution in [3.05, 3.63) is 94.4 Å².